The first-order valence-corrected chi connectivity index (χ1v) is 5.42. The molecule has 14 heavy (non-hydrogen) atoms. The Balaban J connectivity index is 2.52. The third kappa shape index (κ3) is 2.98. The molecule has 0 spiro atoms. The van der Waals surface area contributed by atoms with E-state index in [1.807, 2.05) is 7.05 Å². The lowest BCUT2D eigenvalue weighted by Crippen LogP contribution is -2.40. The minimum absolute atomic E-state index is 0.150. The lowest BCUT2D eigenvalue weighted by Gasteiger charge is -2.29. The zero-order valence-corrected chi connectivity index (χ0v) is 9.36. The number of amides is 1. The molecule has 0 aromatic carbocycles. The molecule has 1 unspecified atom stereocenters. The van der Waals surface area contributed by atoms with Gasteiger partial charge in [0.15, 0.2) is 0 Å². The highest BCUT2D eigenvalue weighted by Gasteiger charge is 2.35. The Morgan fingerprint density at radius 2 is 2.07 bits per heavy atom. The smallest absolute Gasteiger partial charge is 0.248 e. The molecule has 3 heteroatoms. The lowest BCUT2D eigenvalue weighted by atomic mass is 9.99. The van der Waals surface area contributed by atoms with Crippen molar-refractivity contribution >= 4 is 5.91 Å². The van der Waals surface area contributed by atoms with E-state index in [4.69, 9.17) is 5.11 Å². The second-order valence-corrected chi connectivity index (χ2v) is 4.70. The van der Waals surface area contributed by atoms with E-state index in [1.54, 1.807) is 4.90 Å². The maximum absolute atomic E-state index is 11.3. The molecule has 1 aliphatic carbocycles. The fraction of sp³-hybridized carbons (Fsp3) is 0.909. The van der Waals surface area contributed by atoms with Crippen LogP contribution in [0, 0.1) is 11.8 Å². The van der Waals surface area contributed by atoms with Gasteiger partial charge in [0, 0.05) is 13.1 Å². The van der Waals surface area contributed by atoms with E-state index in [2.05, 4.69) is 13.8 Å². The normalized spacial score (nSPS) is 18.4. The maximum Gasteiger partial charge on any atom is 0.248 e. The molecule has 0 heterocycles. The molecular formula is C11H21NO2. The van der Waals surface area contributed by atoms with Crippen molar-refractivity contribution in [3.8, 4) is 0 Å². The van der Waals surface area contributed by atoms with Gasteiger partial charge >= 0.3 is 0 Å². The molecule has 1 amide bonds. The molecule has 1 atom stereocenters. The van der Waals surface area contributed by atoms with Crippen LogP contribution in [0.5, 0.6) is 0 Å². The summed E-state index contributed by atoms with van der Waals surface area (Å²) in [6, 6.07) is 0.342. The van der Waals surface area contributed by atoms with Crippen LogP contribution >= 0.6 is 0 Å². The largest absolute Gasteiger partial charge is 0.387 e. The molecule has 0 aromatic rings. The first kappa shape index (κ1) is 11.5. The third-order valence-corrected chi connectivity index (χ3v) is 2.91. The van der Waals surface area contributed by atoms with Gasteiger partial charge in [-0.25, -0.2) is 0 Å². The van der Waals surface area contributed by atoms with Gasteiger partial charge < -0.3 is 10.0 Å². The number of hydrogen-bond acceptors (Lipinski definition) is 2. The summed E-state index contributed by atoms with van der Waals surface area (Å²) in [5.41, 5.74) is 0. The Morgan fingerprint density at radius 3 is 2.43 bits per heavy atom. The molecule has 1 N–H and O–H groups in total. The van der Waals surface area contributed by atoms with Gasteiger partial charge in [-0.15, -0.1) is 0 Å². The van der Waals surface area contributed by atoms with Crippen LogP contribution < -0.4 is 0 Å². The minimum atomic E-state index is -0.363. The second-order valence-electron chi connectivity index (χ2n) is 4.70. The predicted octanol–water partition coefficient (Wildman–Crippen LogP) is 1.26. The summed E-state index contributed by atoms with van der Waals surface area (Å²) in [6.07, 6.45) is 3.52. The zero-order chi connectivity index (χ0) is 10.7. The number of aliphatic hydroxyl groups excluding tert-OH is 1. The average Bonchev–Trinajstić information content (AvgIpc) is 2.94. The van der Waals surface area contributed by atoms with Crippen molar-refractivity contribution in [3.63, 3.8) is 0 Å². The number of aliphatic hydroxyl groups is 1. The van der Waals surface area contributed by atoms with Crippen LogP contribution in [0.4, 0.5) is 0 Å². The minimum Gasteiger partial charge on any atom is -0.387 e. The molecule has 0 saturated heterocycles. The average molecular weight is 199 g/mol. The Morgan fingerprint density at radius 1 is 1.50 bits per heavy atom. The summed E-state index contributed by atoms with van der Waals surface area (Å²) in [4.78, 5) is 13.1. The summed E-state index contributed by atoms with van der Waals surface area (Å²) in [5.74, 6) is 1.13. The predicted molar refractivity (Wildman–Crippen MR) is 55.8 cm³/mol. The van der Waals surface area contributed by atoms with E-state index < -0.39 is 0 Å². The topological polar surface area (TPSA) is 40.5 Å². The first-order chi connectivity index (χ1) is 6.56. The van der Waals surface area contributed by atoms with Crippen molar-refractivity contribution in [1.82, 2.24) is 4.90 Å². The van der Waals surface area contributed by atoms with Crippen molar-refractivity contribution in [2.75, 3.05) is 13.7 Å². The number of nitrogens with zero attached hydrogens (tertiary/aromatic N) is 1. The third-order valence-electron chi connectivity index (χ3n) is 2.91. The van der Waals surface area contributed by atoms with Crippen molar-refractivity contribution in [1.29, 1.82) is 0 Å². The number of carbonyl (C=O) groups excluding carboxylic acids is 1. The van der Waals surface area contributed by atoms with Crippen LogP contribution in [-0.4, -0.2) is 35.6 Å². The lowest BCUT2D eigenvalue weighted by molar-refractivity contribution is -0.135. The Labute approximate surface area is 86.1 Å². The number of carbonyl (C=O) groups is 1. The molecule has 0 bridgehead atoms. The van der Waals surface area contributed by atoms with Gasteiger partial charge in [-0.2, -0.15) is 0 Å². The van der Waals surface area contributed by atoms with Crippen LogP contribution in [0.1, 0.15) is 33.1 Å². The standard InChI is InChI=1S/C11H21NO2/c1-8(2)6-10(9-4-5-9)12(3)11(14)7-13/h8-10,13H,4-7H2,1-3H3. The van der Waals surface area contributed by atoms with Crippen LogP contribution in [0.15, 0.2) is 0 Å². The first-order valence-electron chi connectivity index (χ1n) is 5.42. The van der Waals surface area contributed by atoms with Crippen LogP contribution in [0.25, 0.3) is 0 Å². The van der Waals surface area contributed by atoms with Crippen LogP contribution in [0.3, 0.4) is 0 Å². The van der Waals surface area contributed by atoms with Crippen LogP contribution in [0.2, 0.25) is 0 Å². The summed E-state index contributed by atoms with van der Waals surface area (Å²) >= 11 is 0. The van der Waals surface area contributed by atoms with Gasteiger partial charge in [-0.05, 0) is 31.1 Å². The second kappa shape index (κ2) is 4.78. The van der Waals surface area contributed by atoms with Crippen molar-refractivity contribution in [2.45, 2.75) is 39.2 Å². The highest BCUT2D eigenvalue weighted by molar-refractivity contribution is 5.77. The van der Waals surface area contributed by atoms with Crippen molar-refractivity contribution < 1.29 is 9.90 Å². The Hall–Kier alpha value is -0.570. The fourth-order valence-electron chi connectivity index (χ4n) is 1.93. The SMILES string of the molecule is CC(C)CC(C1CC1)N(C)C(=O)CO. The van der Waals surface area contributed by atoms with Gasteiger partial charge in [0.2, 0.25) is 5.91 Å². The fourth-order valence-corrected chi connectivity index (χ4v) is 1.93. The zero-order valence-electron chi connectivity index (χ0n) is 9.36. The van der Waals surface area contributed by atoms with Gasteiger partial charge in [-0.3, -0.25) is 4.79 Å². The summed E-state index contributed by atoms with van der Waals surface area (Å²) in [6.45, 7) is 3.98. The molecule has 3 nitrogen and oxygen atoms in total. The maximum atomic E-state index is 11.3. The number of likely N-dealkylation sites (N-methyl/N-ethyl adjacent to an activating group) is 1. The molecule has 1 fully saturated rings. The molecule has 82 valence electrons. The molecule has 0 aliphatic heterocycles. The van der Waals surface area contributed by atoms with Crippen molar-refractivity contribution in [2.24, 2.45) is 11.8 Å². The van der Waals surface area contributed by atoms with Gasteiger partial charge in [0.25, 0.3) is 0 Å². The molecule has 1 aliphatic rings. The molecule has 1 rings (SSSR count). The van der Waals surface area contributed by atoms with E-state index in [0.717, 1.165) is 6.42 Å². The Kier molecular flexibility index (Phi) is 3.93. The number of rotatable bonds is 5. The van der Waals surface area contributed by atoms with E-state index in [-0.39, 0.29) is 12.5 Å². The highest BCUT2D eigenvalue weighted by Crippen LogP contribution is 2.37. The summed E-state index contributed by atoms with van der Waals surface area (Å²) in [5, 5.41) is 8.80. The van der Waals surface area contributed by atoms with Gasteiger partial charge in [0.1, 0.15) is 6.61 Å². The summed E-state index contributed by atoms with van der Waals surface area (Å²) in [7, 11) is 1.81. The summed E-state index contributed by atoms with van der Waals surface area (Å²) < 4.78 is 0. The Bertz CT molecular complexity index is 199. The van der Waals surface area contributed by atoms with E-state index in [9.17, 15) is 4.79 Å². The van der Waals surface area contributed by atoms with Crippen LogP contribution in [-0.2, 0) is 4.79 Å². The molecule has 1 saturated carbocycles. The monoisotopic (exact) mass is 199 g/mol. The van der Waals surface area contributed by atoms with E-state index >= 15 is 0 Å². The quantitative estimate of drug-likeness (QED) is 0.724. The van der Waals surface area contributed by atoms with Gasteiger partial charge in [0.05, 0.1) is 0 Å². The molecule has 0 radical (unpaired) electrons. The molecular weight excluding hydrogens is 178 g/mol. The van der Waals surface area contributed by atoms with E-state index in [0.29, 0.717) is 17.9 Å². The molecule has 0 aromatic heterocycles. The number of hydrogen-bond donors (Lipinski definition) is 1. The van der Waals surface area contributed by atoms with Gasteiger partial charge in [-0.1, -0.05) is 13.8 Å². The van der Waals surface area contributed by atoms with E-state index in [1.165, 1.54) is 12.8 Å². The van der Waals surface area contributed by atoms with Crippen molar-refractivity contribution in [3.05, 3.63) is 0 Å². The highest BCUT2D eigenvalue weighted by atomic mass is 16.3.